The number of quaternary nitrogens is 1. The molecule has 3 aromatic rings. The molecule has 0 unspecified atom stereocenters. The molecule has 1 saturated carbocycles. The van der Waals surface area contributed by atoms with Crippen molar-refractivity contribution in [3.8, 4) is 5.75 Å². The third-order valence-corrected chi connectivity index (χ3v) is 12.7. The molecule has 2 aliphatic rings. The van der Waals surface area contributed by atoms with Crippen molar-refractivity contribution in [3.63, 3.8) is 0 Å². The first-order valence-corrected chi connectivity index (χ1v) is 22.2. The van der Waals surface area contributed by atoms with Crippen molar-refractivity contribution in [2.24, 2.45) is 0 Å². The summed E-state index contributed by atoms with van der Waals surface area (Å²) in [7, 11) is 2.24. The molecular formula is C41H52Cl2F6N5O9S+. The zero-order chi connectivity index (χ0) is 48.4. The number of pyridine rings is 1. The highest BCUT2D eigenvalue weighted by molar-refractivity contribution is 7.89. The molecule has 14 nitrogen and oxygen atoms in total. The number of nitrogens with one attached hydrogen (secondary N) is 1. The van der Waals surface area contributed by atoms with Crippen molar-refractivity contribution < 1.29 is 73.4 Å². The average Bonchev–Trinajstić information content (AvgIpc) is 3.65. The summed E-state index contributed by atoms with van der Waals surface area (Å²) in [6.45, 7) is 6.51. The number of benzene rings is 2. The average molecular weight is 976 g/mol. The number of carbonyl (C=O) groups excluding carboxylic acids is 2. The number of unbranched alkanes of at least 4 members (excludes halogenated alkanes) is 2. The molecule has 1 aliphatic carbocycles. The number of rotatable bonds is 13. The quantitative estimate of drug-likeness (QED) is 0.0880. The number of para-hydroxylation sites is 1. The van der Waals surface area contributed by atoms with Crippen LogP contribution < -0.4 is 9.46 Å². The molecule has 1 aromatic heterocycles. The molecule has 0 atom stereocenters. The smallest absolute Gasteiger partial charge is 0.487 e. The second-order valence-corrected chi connectivity index (χ2v) is 18.8. The molecule has 5 rings (SSSR count). The van der Waals surface area contributed by atoms with E-state index in [2.05, 4.69) is 30.8 Å². The van der Waals surface area contributed by atoms with E-state index in [1.54, 1.807) is 11.0 Å². The van der Waals surface area contributed by atoms with Gasteiger partial charge in [0.25, 0.3) is 0 Å². The number of carboxylic acids is 2. The molecule has 2 fully saturated rings. The first kappa shape index (κ1) is 53.9. The van der Waals surface area contributed by atoms with E-state index in [4.69, 9.17) is 47.7 Å². The Labute approximate surface area is 377 Å². The molecule has 1 saturated heterocycles. The minimum atomic E-state index is -5.08. The van der Waals surface area contributed by atoms with Crippen LogP contribution in [-0.4, -0.2) is 133 Å². The summed E-state index contributed by atoms with van der Waals surface area (Å²) in [6.07, 6.45) is -4.54. The summed E-state index contributed by atoms with van der Waals surface area (Å²) >= 11 is 13.3. The van der Waals surface area contributed by atoms with Crippen LogP contribution in [0.25, 0.3) is 10.9 Å². The van der Waals surface area contributed by atoms with Gasteiger partial charge in [-0.15, -0.1) is 0 Å². The third-order valence-electron chi connectivity index (χ3n) is 10.3. The van der Waals surface area contributed by atoms with Gasteiger partial charge in [0.1, 0.15) is 28.3 Å². The van der Waals surface area contributed by atoms with Crippen molar-refractivity contribution in [3.05, 3.63) is 63.3 Å². The number of piperazine rings is 1. The lowest BCUT2D eigenvalue weighted by Gasteiger charge is -2.40. The van der Waals surface area contributed by atoms with Gasteiger partial charge in [0.2, 0.25) is 21.8 Å². The maximum absolute atomic E-state index is 14.1. The molecule has 0 radical (unpaired) electrons. The third kappa shape index (κ3) is 15.3. The number of carboxylic acid groups (broad SMARTS) is 2. The van der Waals surface area contributed by atoms with Crippen LogP contribution in [0.1, 0.15) is 68.2 Å². The molecule has 23 heteroatoms. The molecule has 0 spiro atoms. The lowest BCUT2D eigenvalue weighted by atomic mass is 9.96. The number of hydrogen-bond donors (Lipinski definition) is 3. The van der Waals surface area contributed by atoms with Gasteiger partial charge in [-0.05, 0) is 75.8 Å². The van der Waals surface area contributed by atoms with Crippen molar-refractivity contribution in [2.75, 3.05) is 53.9 Å². The number of aryl methyl sites for hydroxylation is 2. The fourth-order valence-electron chi connectivity index (χ4n) is 7.05. The minimum absolute atomic E-state index is 0.0595. The number of fused-ring (bicyclic) bond motifs is 1. The number of alkyl halides is 6. The Bertz CT molecular complexity index is 2240. The second kappa shape index (κ2) is 22.2. The number of aromatic nitrogens is 1. The van der Waals surface area contributed by atoms with E-state index in [1.165, 1.54) is 12.1 Å². The highest BCUT2D eigenvalue weighted by Crippen LogP contribution is 2.37. The van der Waals surface area contributed by atoms with Gasteiger partial charge >= 0.3 is 24.3 Å². The SMILES string of the molecule is Cc1cc(C)c2cccc(OCc3c(Cl)ccc(S(=O)(=O)NC4(C(=O)N5CCN(C(=O)CCCCC[N+](C)(C)C)CC5)CCCC4)c3Cl)c2n1.O=C(O)C(F)(F)F.O=C(O)C(F)(F)F. The number of hydrogen-bond acceptors (Lipinski definition) is 8. The van der Waals surface area contributed by atoms with E-state index in [0.29, 0.717) is 75.1 Å². The number of ether oxygens (including phenoxy) is 1. The predicted molar refractivity (Wildman–Crippen MR) is 225 cm³/mol. The Morgan fingerprint density at radius 2 is 1.41 bits per heavy atom. The first-order valence-electron chi connectivity index (χ1n) is 20.0. The summed E-state index contributed by atoms with van der Waals surface area (Å²) < 4.78 is 101. The number of sulfonamides is 1. The summed E-state index contributed by atoms with van der Waals surface area (Å²) in [5, 5.41) is 15.4. The topological polar surface area (TPSA) is 184 Å². The van der Waals surface area contributed by atoms with Gasteiger partial charge in [0.05, 0.1) is 32.7 Å². The largest absolute Gasteiger partial charge is 0.490 e. The number of amides is 2. The van der Waals surface area contributed by atoms with Crippen molar-refractivity contribution in [2.45, 2.75) is 94.6 Å². The van der Waals surface area contributed by atoms with Gasteiger partial charge in [-0.2, -0.15) is 31.1 Å². The van der Waals surface area contributed by atoms with Crippen LogP contribution in [0.4, 0.5) is 26.3 Å². The summed E-state index contributed by atoms with van der Waals surface area (Å²) in [6, 6.07) is 10.5. The van der Waals surface area contributed by atoms with Gasteiger partial charge in [-0.3, -0.25) is 9.59 Å². The van der Waals surface area contributed by atoms with Gasteiger partial charge in [0.15, 0.2) is 0 Å². The maximum atomic E-state index is 14.1. The molecule has 1 aliphatic heterocycles. The minimum Gasteiger partial charge on any atom is -0.487 e. The highest BCUT2D eigenvalue weighted by Gasteiger charge is 2.47. The Balaban J connectivity index is 0.000000671. The maximum Gasteiger partial charge on any atom is 0.490 e. The summed E-state index contributed by atoms with van der Waals surface area (Å²) in [4.78, 5) is 52.8. The Kier molecular flexibility index (Phi) is 18.7. The second-order valence-electron chi connectivity index (χ2n) is 16.4. The molecule has 356 valence electrons. The normalized spacial score (nSPS) is 15.5. The fraction of sp³-hybridized carbons (Fsp3) is 0.537. The van der Waals surface area contributed by atoms with E-state index in [1.807, 2.05) is 36.9 Å². The molecule has 3 N–H and O–H groups in total. The standard InChI is InChI=1S/C37H50Cl2N5O5S.2C2HF3O2/c1-26-24-27(2)40-35-28(26)12-11-13-31(35)49-25-29-30(38)15-16-32(34(29)39)50(47,48)41-37(17-8-9-18-37)36(46)43-21-19-42(20-22-43)33(45)14-7-6-10-23-44(3,4)5;2*3-2(4,5)1(6)7/h11-13,15-16,24,41H,6-10,14,17-23,25H2,1-5H3;2*(H,6,7)/q+1;;. The van der Waals surface area contributed by atoms with Gasteiger partial charge in [-0.25, -0.2) is 23.0 Å². The zero-order valence-electron chi connectivity index (χ0n) is 35.8. The highest BCUT2D eigenvalue weighted by atomic mass is 35.5. The van der Waals surface area contributed by atoms with Crippen LogP contribution in [0.5, 0.6) is 5.75 Å². The Hall–Kier alpha value is -4.44. The molecule has 2 heterocycles. The lowest BCUT2D eigenvalue weighted by Crippen LogP contribution is -2.61. The molecule has 2 aromatic carbocycles. The van der Waals surface area contributed by atoms with Gasteiger partial charge in [0, 0.05) is 54.3 Å². The number of nitrogens with zero attached hydrogens (tertiary/aromatic N) is 4. The van der Waals surface area contributed by atoms with E-state index >= 15 is 0 Å². The summed E-state index contributed by atoms with van der Waals surface area (Å²) in [5.41, 5.74) is 1.64. The van der Waals surface area contributed by atoms with Crippen LogP contribution >= 0.6 is 23.2 Å². The van der Waals surface area contributed by atoms with E-state index < -0.39 is 39.9 Å². The van der Waals surface area contributed by atoms with Crippen LogP contribution in [0.15, 0.2) is 41.3 Å². The Morgan fingerprint density at radius 1 is 0.859 bits per heavy atom. The van der Waals surface area contributed by atoms with E-state index in [0.717, 1.165) is 46.9 Å². The number of halogens is 8. The number of carbonyl (C=O) groups is 4. The monoisotopic (exact) mass is 974 g/mol. The van der Waals surface area contributed by atoms with E-state index in [-0.39, 0.29) is 33.4 Å². The molecule has 0 bridgehead atoms. The lowest BCUT2D eigenvalue weighted by molar-refractivity contribution is -0.870. The number of aliphatic carboxylic acids is 2. The molecular weight excluding hydrogens is 923 g/mol. The van der Waals surface area contributed by atoms with Crippen LogP contribution in [0.3, 0.4) is 0 Å². The van der Waals surface area contributed by atoms with Crippen LogP contribution in [0, 0.1) is 13.8 Å². The van der Waals surface area contributed by atoms with Crippen molar-refractivity contribution in [1.82, 2.24) is 19.5 Å². The zero-order valence-corrected chi connectivity index (χ0v) is 38.2. The first-order chi connectivity index (χ1) is 29.5. The van der Waals surface area contributed by atoms with E-state index in [9.17, 15) is 44.3 Å². The van der Waals surface area contributed by atoms with Gasteiger partial charge in [-0.1, -0.05) is 48.2 Å². The Morgan fingerprint density at radius 3 is 1.94 bits per heavy atom. The van der Waals surface area contributed by atoms with Crippen LogP contribution in [0.2, 0.25) is 10.0 Å². The fourth-order valence-corrected chi connectivity index (χ4v) is 9.35. The predicted octanol–water partition coefficient (Wildman–Crippen LogP) is 7.53. The van der Waals surface area contributed by atoms with Crippen molar-refractivity contribution in [1.29, 1.82) is 0 Å². The molecule has 64 heavy (non-hydrogen) atoms. The summed E-state index contributed by atoms with van der Waals surface area (Å²) in [5.74, 6) is -5.13. The van der Waals surface area contributed by atoms with Gasteiger partial charge < -0.3 is 29.2 Å². The van der Waals surface area contributed by atoms with Crippen molar-refractivity contribution >= 4 is 67.9 Å². The van der Waals surface area contributed by atoms with Crippen LogP contribution in [-0.2, 0) is 35.8 Å². The molecule has 2 amide bonds.